The summed E-state index contributed by atoms with van der Waals surface area (Å²) in [6.07, 6.45) is 2.54. The van der Waals surface area contributed by atoms with Crippen molar-refractivity contribution < 1.29 is 0 Å². The number of benzene rings is 1. The molecule has 0 saturated heterocycles. The first-order valence-corrected chi connectivity index (χ1v) is 5.49. The van der Waals surface area contributed by atoms with E-state index in [4.69, 9.17) is 5.73 Å². The lowest BCUT2D eigenvalue weighted by Crippen LogP contribution is -1.97. The summed E-state index contributed by atoms with van der Waals surface area (Å²) in [6, 6.07) is 12.1. The molecule has 0 amide bonds. The monoisotopic (exact) mass is 262 g/mol. The van der Waals surface area contributed by atoms with Crippen LogP contribution in [0.2, 0.25) is 0 Å². The molecule has 1 aromatic heterocycles. The Balaban J connectivity index is 2.22. The van der Waals surface area contributed by atoms with Crippen molar-refractivity contribution in [3.05, 3.63) is 58.2 Å². The predicted molar refractivity (Wildman–Crippen MR) is 65.6 cm³/mol. The fourth-order valence-electron chi connectivity index (χ4n) is 1.42. The summed E-state index contributed by atoms with van der Waals surface area (Å²) >= 11 is 3.41. The largest absolute Gasteiger partial charge is 0.383 e. The minimum atomic E-state index is 0.611. The molecule has 2 nitrogen and oxygen atoms in total. The Morgan fingerprint density at radius 1 is 1.13 bits per heavy atom. The molecule has 1 heterocycles. The average molecular weight is 263 g/mol. The number of rotatable bonds is 2. The summed E-state index contributed by atoms with van der Waals surface area (Å²) in [4.78, 5) is 4.06. The fourth-order valence-corrected chi connectivity index (χ4v) is 1.69. The quantitative estimate of drug-likeness (QED) is 0.904. The van der Waals surface area contributed by atoms with Gasteiger partial charge >= 0.3 is 0 Å². The number of halogens is 1. The van der Waals surface area contributed by atoms with E-state index in [1.54, 1.807) is 6.20 Å². The van der Waals surface area contributed by atoms with E-state index in [2.05, 4.69) is 33.0 Å². The first-order chi connectivity index (χ1) is 7.25. The van der Waals surface area contributed by atoms with Crippen LogP contribution in [0.5, 0.6) is 0 Å². The molecule has 2 aromatic rings. The first kappa shape index (κ1) is 10.2. The van der Waals surface area contributed by atoms with Gasteiger partial charge in [0.25, 0.3) is 0 Å². The summed E-state index contributed by atoms with van der Waals surface area (Å²) in [6.45, 7) is 0. The van der Waals surface area contributed by atoms with Crippen LogP contribution >= 0.6 is 15.9 Å². The number of aromatic nitrogens is 1. The number of hydrogen-bond acceptors (Lipinski definition) is 2. The second-order valence-electron chi connectivity index (χ2n) is 3.35. The lowest BCUT2D eigenvalue weighted by atomic mass is 10.1. The minimum Gasteiger partial charge on any atom is -0.383 e. The summed E-state index contributed by atoms with van der Waals surface area (Å²) in [5.74, 6) is 0.611. The minimum absolute atomic E-state index is 0.611. The lowest BCUT2D eigenvalue weighted by Gasteiger charge is -2.04. The number of nitrogens with zero attached hydrogens (tertiary/aromatic N) is 1. The molecule has 0 radical (unpaired) electrons. The summed E-state index contributed by atoms with van der Waals surface area (Å²) in [5.41, 5.74) is 8.08. The molecule has 0 aliphatic rings. The van der Waals surface area contributed by atoms with Gasteiger partial charge < -0.3 is 5.73 Å². The molecule has 2 rings (SSSR count). The lowest BCUT2D eigenvalue weighted by molar-refractivity contribution is 1.15. The first-order valence-electron chi connectivity index (χ1n) is 4.69. The molecule has 0 bridgehead atoms. The highest BCUT2D eigenvalue weighted by atomic mass is 79.9. The van der Waals surface area contributed by atoms with Crippen LogP contribution in [0.15, 0.2) is 47.1 Å². The Hall–Kier alpha value is -1.35. The van der Waals surface area contributed by atoms with Gasteiger partial charge in [-0.05, 0) is 29.3 Å². The molecule has 76 valence electrons. The van der Waals surface area contributed by atoms with Gasteiger partial charge in [0.05, 0.1) is 0 Å². The van der Waals surface area contributed by atoms with Gasteiger partial charge in [0.1, 0.15) is 5.82 Å². The molecule has 3 heteroatoms. The Kier molecular flexibility index (Phi) is 3.02. The third kappa shape index (κ3) is 2.57. The number of anilines is 1. The predicted octanol–water partition coefficient (Wildman–Crippen LogP) is 3.02. The van der Waals surface area contributed by atoms with Crippen molar-refractivity contribution in [1.29, 1.82) is 0 Å². The summed E-state index contributed by atoms with van der Waals surface area (Å²) in [7, 11) is 0. The fraction of sp³-hybridized carbons (Fsp3) is 0.0833. The van der Waals surface area contributed by atoms with Crippen molar-refractivity contribution in [1.82, 2.24) is 4.98 Å². The Morgan fingerprint density at radius 2 is 1.87 bits per heavy atom. The van der Waals surface area contributed by atoms with Crippen LogP contribution in [0.3, 0.4) is 0 Å². The van der Waals surface area contributed by atoms with E-state index in [-0.39, 0.29) is 0 Å². The van der Waals surface area contributed by atoms with Crippen molar-refractivity contribution in [3.63, 3.8) is 0 Å². The van der Waals surface area contributed by atoms with Gasteiger partial charge in [0, 0.05) is 17.1 Å². The van der Waals surface area contributed by atoms with Crippen molar-refractivity contribution in [2.24, 2.45) is 0 Å². The topological polar surface area (TPSA) is 38.9 Å². The maximum atomic E-state index is 5.78. The van der Waals surface area contributed by atoms with Crippen LogP contribution in [-0.2, 0) is 6.42 Å². The second kappa shape index (κ2) is 4.45. The molecule has 1 aromatic carbocycles. The SMILES string of the molecule is Nc1ncccc1Cc1ccc(Br)cc1. The van der Waals surface area contributed by atoms with Crippen LogP contribution in [0.25, 0.3) is 0 Å². The summed E-state index contributed by atoms with van der Waals surface area (Å²) < 4.78 is 1.09. The molecule has 0 unspecified atom stereocenters. The number of nitrogen functional groups attached to an aromatic ring is 1. The van der Waals surface area contributed by atoms with Gasteiger partial charge in [-0.1, -0.05) is 34.1 Å². The van der Waals surface area contributed by atoms with Crippen molar-refractivity contribution in [3.8, 4) is 0 Å². The van der Waals surface area contributed by atoms with Crippen LogP contribution in [-0.4, -0.2) is 4.98 Å². The molecule has 0 saturated carbocycles. The Labute approximate surface area is 97.3 Å². The molecule has 0 fully saturated rings. The Morgan fingerprint density at radius 3 is 2.53 bits per heavy atom. The maximum Gasteiger partial charge on any atom is 0.126 e. The van der Waals surface area contributed by atoms with E-state index >= 15 is 0 Å². The molecule has 0 aliphatic heterocycles. The molecule has 15 heavy (non-hydrogen) atoms. The van der Waals surface area contributed by atoms with Crippen molar-refractivity contribution in [2.45, 2.75) is 6.42 Å². The zero-order valence-corrected chi connectivity index (χ0v) is 9.74. The van der Waals surface area contributed by atoms with Crippen molar-refractivity contribution in [2.75, 3.05) is 5.73 Å². The Bertz CT molecular complexity index is 451. The highest BCUT2D eigenvalue weighted by molar-refractivity contribution is 9.10. The third-order valence-corrected chi connectivity index (χ3v) is 2.76. The van der Waals surface area contributed by atoms with E-state index in [1.165, 1.54) is 5.56 Å². The van der Waals surface area contributed by atoms with Gasteiger partial charge in [-0.25, -0.2) is 4.98 Å². The van der Waals surface area contributed by atoms with Crippen LogP contribution in [0.4, 0.5) is 5.82 Å². The van der Waals surface area contributed by atoms with E-state index < -0.39 is 0 Å². The van der Waals surface area contributed by atoms with E-state index in [1.807, 2.05) is 24.3 Å². The molecule has 0 spiro atoms. The van der Waals surface area contributed by atoms with Gasteiger partial charge in [0.15, 0.2) is 0 Å². The third-order valence-electron chi connectivity index (χ3n) is 2.23. The van der Waals surface area contributed by atoms with Gasteiger partial charge in [-0.3, -0.25) is 0 Å². The highest BCUT2D eigenvalue weighted by Crippen LogP contribution is 2.16. The number of nitrogens with two attached hydrogens (primary N) is 1. The van der Waals surface area contributed by atoms with Gasteiger partial charge in [0.2, 0.25) is 0 Å². The number of hydrogen-bond donors (Lipinski definition) is 1. The molecule has 0 aliphatic carbocycles. The smallest absolute Gasteiger partial charge is 0.126 e. The van der Waals surface area contributed by atoms with E-state index in [0.717, 1.165) is 16.5 Å². The van der Waals surface area contributed by atoms with E-state index in [0.29, 0.717) is 5.82 Å². The standard InChI is InChI=1S/C12H11BrN2/c13-11-5-3-9(4-6-11)8-10-2-1-7-15-12(10)14/h1-7H,8H2,(H2,14,15). The normalized spacial score (nSPS) is 10.2. The highest BCUT2D eigenvalue weighted by Gasteiger charge is 2.00. The second-order valence-corrected chi connectivity index (χ2v) is 4.27. The van der Waals surface area contributed by atoms with Gasteiger partial charge in [-0.2, -0.15) is 0 Å². The number of pyridine rings is 1. The van der Waals surface area contributed by atoms with Crippen molar-refractivity contribution >= 4 is 21.7 Å². The van der Waals surface area contributed by atoms with E-state index in [9.17, 15) is 0 Å². The molecular formula is C12H11BrN2. The average Bonchev–Trinajstić information content (AvgIpc) is 2.25. The summed E-state index contributed by atoms with van der Waals surface area (Å²) in [5, 5.41) is 0. The van der Waals surface area contributed by atoms with Gasteiger partial charge in [-0.15, -0.1) is 0 Å². The van der Waals surface area contributed by atoms with Crippen LogP contribution in [0.1, 0.15) is 11.1 Å². The maximum absolute atomic E-state index is 5.78. The molecule has 0 atom stereocenters. The zero-order valence-electron chi connectivity index (χ0n) is 8.15. The zero-order chi connectivity index (χ0) is 10.7. The molecular weight excluding hydrogens is 252 g/mol. The van der Waals surface area contributed by atoms with Crippen LogP contribution in [0, 0.1) is 0 Å². The van der Waals surface area contributed by atoms with Crippen LogP contribution < -0.4 is 5.73 Å². The molecule has 2 N–H and O–H groups in total.